The Morgan fingerprint density at radius 1 is 0.912 bits per heavy atom. The molecule has 4 amide bonds. The summed E-state index contributed by atoms with van der Waals surface area (Å²) >= 11 is 0. The number of nitrogens with two attached hydrogens (primary N) is 2. The maximum absolute atomic E-state index is 13.5. The van der Waals surface area contributed by atoms with Gasteiger partial charge in [0.15, 0.2) is 0 Å². The van der Waals surface area contributed by atoms with Crippen molar-refractivity contribution in [2.75, 3.05) is 19.6 Å². The smallest absolute Gasteiger partial charge is 0.245 e. The largest absolute Gasteiger partial charge is 0.391 e. The lowest BCUT2D eigenvalue weighted by molar-refractivity contribution is -0.175. The highest BCUT2D eigenvalue weighted by molar-refractivity contribution is 6.01. The zero-order valence-corrected chi connectivity index (χ0v) is 19.3. The van der Waals surface area contributed by atoms with Crippen LogP contribution in [0.25, 0.3) is 0 Å². The normalized spacial score (nSPS) is 30.1. The molecule has 0 aliphatic carbocycles. The summed E-state index contributed by atoms with van der Waals surface area (Å²) in [5.74, 6) is -2.29. The number of β-lactam (4-membered cyclic amide) rings is 2. The van der Waals surface area contributed by atoms with Gasteiger partial charge in [0.05, 0.1) is 17.6 Å². The minimum Gasteiger partial charge on any atom is -0.391 e. The van der Waals surface area contributed by atoms with Gasteiger partial charge in [-0.15, -0.1) is 0 Å². The van der Waals surface area contributed by atoms with Crippen LogP contribution in [0.4, 0.5) is 0 Å². The molecular weight excluding hydrogens is 442 g/mol. The molecule has 6 atom stereocenters. The highest BCUT2D eigenvalue weighted by Gasteiger charge is 2.71. The summed E-state index contributed by atoms with van der Waals surface area (Å²) in [6.07, 6.45) is -2.06. The van der Waals surface area contributed by atoms with Crippen LogP contribution >= 0.6 is 0 Å². The predicted molar refractivity (Wildman–Crippen MR) is 119 cm³/mol. The van der Waals surface area contributed by atoms with Crippen LogP contribution in [0.15, 0.2) is 30.3 Å². The molecule has 184 valence electrons. The molecule has 11 nitrogen and oxygen atoms in total. The summed E-state index contributed by atoms with van der Waals surface area (Å²) in [4.78, 5) is 55.1. The number of carbonyl (C=O) groups excluding carboxylic acids is 4. The molecule has 0 bridgehead atoms. The van der Waals surface area contributed by atoms with Gasteiger partial charge in [0, 0.05) is 26.2 Å². The lowest BCUT2D eigenvalue weighted by atomic mass is 9.70. The second-order valence-electron chi connectivity index (χ2n) is 9.87. The first-order chi connectivity index (χ1) is 15.9. The van der Waals surface area contributed by atoms with Gasteiger partial charge in [0.25, 0.3) is 0 Å². The highest BCUT2D eigenvalue weighted by Crippen LogP contribution is 2.53. The van der Waals surface area contributed by atoms with Gasteiger partial charge < -0.3 is 31.5 Å². The second kappa shape index (κ2) is 8.33. The lowest BCUT2D eigenvalue weighted by Crippen LogP contribution is -2.76. The van der Waals surface area contributed by atoms with Crippen LogP contribution in [-0.2, 0) is 25.7 Å². The Kier molecular flexibility index (Phi) is 5.91. The summed E-state index contributed by atoms with van der Waals surface area (Å²) < 4.78 is 0. The molecule has 1 aromatic carbocycles. The number of carbonyl (C=O) groups is 4. The fourth-order valence-electron chi connectivity index (χ4n) is 5.90. The molecule has 11 heteroatoms. The Morgan fingerprint density at radius 2 is 1.44 bits per heavy atom. The average Bonchev–Trinajstić information content (AvgIpc) is 3.11. The van der Waals surface area contributed by atoms with Crippen LogP contribution in [0.1, 0.15) is 25.8 Å². The van der Waals surface area contributed by atoms with Gasteiger partial charge in [-0.1, -0.05) is 30.3 Å². The molecule has 1 unspecified atom stereocenters. The monoisotopic (exact) mass is 473 g/mol. The van der Waals surface area contributed by atoms with E-state index in [1.54, 1.807) is 0 Å². The van der Waals surface area contributed by atoms with E-state index in [4.69, 9.17) is 11.5 Å². The minimum atomic E-state index is -1.16. The van der Waals surface area contributed by atoms with Crippen LogP contribution in [0.2, 0.25) is 0 Å². The Balaban J connectivity index is 1.62. The van der Waals surface area contributed by atoms with E-state index >= 15 is 0 Å². The van der Waals surface area contributed by atoms with Crippen LogP contribution in [-0.4, -0.2) is 98.0 Å². The van der Waals surface area contributed by atoms with Gasteiger partial charge in [-0.3, -0.25) is 24.1 Å². The van der Waals surface area contributed by atoms with Crippen molar-refractivity contribution in [2.45, 2.75) is 56.6 Å². The number of amides is 4. The number of likely N-dealkylation sites (tertiary alicyclic amines) is 3. The molecule has 3 aliphatic rings. The van der Waals surface area contributed by atoms with E-state index in [1.807, 2.05) is 35.2 Å². The maximum Gasteiger partial charge on any atom is 0.245 e. The van der Waals surface area contributed by atoms with E-state index < -0.39 is 47.1 Å². The van der Waals surface area contributed by atoms with E-state index in [9.17, 15) is 29.4 Å². The Bertz CT molecular complexity index is 1020. The fourth-order valence-corrected chi connectivity index (χ4v) is 5.90. The van der Waals surface area contributed by atoms with Crippen molar-refractivity contribution in [3.05, 3.63) is 35.9 Å². The van der Waals surface area contributed by atoms with Crippen molar-refractivity contribution in [3.63, 3.8) is 0 Å². The van der Waals surface area contributed by atoms with Gasteiger partial charge in [-0.25, -0.2) is 0 Å². The van der Waals surface area contributed by atoms with Crippen molar-refractivity contribution < 1.29 is 29.4 Å². The van der Waals surface area contributed by atoms with E-state index in [-0.39, 0.29) is 37.9 Å². The van der Waals surface area contributed by atoms with Crippen LogP contribution in [0.5, 0.6) is 0 Å². The number of rotatable bonds is 8. The van der Waals surface area contributed by atoms with E-state index in [0.29, 0.717) is 6.54 Å². The first-order valence-corrected chi connectivity index (χ1v) is 11.3. The first-order valence-electron chi connectivity index (χ1n) is 11.3. The SMILES string of the molecule is C[C@@H](O)[C@@H](C(N)=O)N1CC2(CN(Cc3ccccc3)[C@@]3(CN([C@H](C(N)=O)[C@@H](C)O)C3=O)C2)C1=O. The number of hydrogen-bond donors (Lipinski definition) is 4. The molecule has 34 heavy (non-hydrogen) atoms. The molecule has 0 aromatic heterocycles. The highest BCUT2D eigenvalue weighted by atomic mass is 16.3. The number of aliphatic hydroxyl groups excluding tert-OH is 2. The molecule has 3 heterocycles. The number of aliphatic hydroxyl groups is 2. The quantitative estimate of drug-likeness (QED) is 0.310. The van der Waals surface area contributed by atoms with Crippen molar-refractivity contribution in [1.29, 1.82) is 0 Å². The molecule has 0 radical (unpaired) electrons. The first kappa shape index (κ1) is 24.1. The Hall–Kier alpha value is -3.02. The molecule has 0 saturated carbocycles. The molecule has 3 saturated heterocycles. The minimum absolute atomic E-state index is 0.141. The lowest BCUT2D eigenvalue weighted by Gasteiger charge is -2.54. The fraction of sp³-hybridized carbons (Fsp3) is 0.565. The molecule has 4 rings (SSSR count). The summed E-state index contributed by atoms with van der Waals surface area (Å²) in [6, 6.07) is 7.21. The summed E-state index contributed by atoms with van der Waals surface area (Å²) in [6.45, 7) is 3.80. The summed E-state index contributed by atoms with van der Waals surface area (Å²) in [7, 11) is 0. The third kappa shape index (κ3) is 3.55. The van der Waals surface area contributed by atoms with Crippen molar-refractivity contribution in [3.8, 4) is 0 Å². The van der Waals surface area contributed by atoms with E-state index in [2.05, 4.69) is 0 Å². The number of nitrogens with zero attached hydrogens (tertiary/aromatic N) is 3. The molecular formula is C23H31N5O6. The van der Waals surface area contributed by atoms with E-state index in [0.717, 1.165) is 5.56 Å². The van der Waals surface area contributed by atoms with Crippen LogP contribution in [0.3, 0.4) is 0 Å². The topological polar surface area (TPSA) is 170 Å². The predicted octanol–water partition coefficient (Wildman–Crippen LogP) is -2.23. The molecule has 1 aromatic rings. The third-order valence-corrected chi connectivity index (χ3v) is 7.39. The summed E-state index contributed by atoms with van der Waals surface area (Å²) in [5.41, 5.74) is 9.87. The summed E-state index contributed by atoms with van der Waals surface area (Å²) in [5, 5.41) is 20.0. The van der Waals surface area contributed by atoms with Gasteiger partial charge in [-0.2, -0.15) is 0 Å². The molecule has 3 aliphatic heterocycles. The van der Waals surface area contributed by atoms with Gasteiger partial charge in [0.1, 0.15) is 17.6 Å². The van der Waals surface area contributed by atoms with Gasteiger partial charge in [0.2, 0.25) is 23.6 Å². The van der Waals surface area contributed by atoms with Gasteiger partial charge >= 0.3 is 0 Å². The maximum atomic E-state index is 13.5. The average molecular weight is 474 g/mol. The standard InChI is InChI=1S/C23H31N5O6/c1-13(29)16(18(24)31)27-11-22(20(27)33)9-23(26(10-22)8-15-6-4-3-5-7-15)12-28(21(23)34)17(14(2)30)19(25)32/h3-7,13-14,16-17,29-30H,8-12H2,1-2H3,(H2,24,31)(H2,25,32)/t13-,14-,16+,17+,22?,23-/m1/s1. The Morgan fingerprint density at radius 3 is 1.88 bits per heavy atom. The molecule has 6 N–H and O–H groups in total. The van der Waals surface area contributed by atoms with Gasteiger partial charge in [-0.05, 0) is 25.8 Å². The Labute approximate surface area is 197 Å². The van der Waals surface area contributed by atoms with Crippen molar-refractivity contribution in [2.24, 2.45) is 16.9 Å². The number of primary amides is 2. The zero-order chi connectivity index (χ0) is 25.0. The number of benzene rings is 1. The van der Waals surface area contributed by atoms with Crippen LogP contribution in [0, 0.1) is 5.41 Å². The third-order valence-electron chi connectivity index (χ3n) is 7.39. The van der Waals surface area contributed by atoms with Crippen molar-refractivity contribution >= 4 is 23.6 Å². The number of hydrogen-bond acceptors (Lipinski definition) is 7. The van der Waals surface area contributed by atoms with E-state index in [1.165, 1.54) is 23.6 Å². The van der Waals surface area contributed by atoms with Crippen molar-refractivity contribution in [1.82, 2.24) is 14.7 Å². The molecule has 3 fully saturated rings. The second-order valence-corrected chi connectivity index (χ2v) is 9.87. The molecule has 2 spiro atoms. The zero-order valence-electron chi connectivity index (χ0n) is 19.3. The van der Waals surface area contributed by atoms with Crippen LogP contribution < -0.4 is 11.5 Å².